The molecule has 4 nitrogen and oxygen atoms in total. The van der Waals surface area contributed by atoms with Crippen molar-refractivity contribution in [2.24, 2.45) is 5.41 Å². The molecule has 0 heterocycles. The molecule has 0 saturated carbocycles. The van der Waals surface area contributed by atoms with Crippen molar-refractivity contribution in [2.75, 3.05) is 21.3 Å². The maximum atomic E-state index is 5.48. The van der Waals surface area contributed by atoms with Crippen molar-refractivity contribution < 1.29 is 14.2 Å². The molecule has 1 aromatic rings. The summed E-state index contributed by atoms with van der Waals surface area (Å²) in [6.07, 6.45) is 1.08. The van der Waals surface area contributed by atoms with Gasteiger partial charge in [-0.25, -0.2) is 0 Å². The van der Waals surface area contributed by atoms with Crippen molar-refractivity contribution >= 4 is 12.4 Å². The fourth-order valence-corrected chi connectivity index (χ4v) is 2.95. The summed E-state index contributed by atoms with van der Waals surface area (Å²) in [5.41, 5.74) is 1.37. The molecule has 0 amide bonds. The second-order valence-electron chi connectivity index (χ2n) is 7.49. The lowest BCUT2D eigenvalue weighted by molar-refractivity contribution is 0.239. The number of hydrogen-bond donors (Lipinski definition) is 1. The Balaban J connectivity index is 0.00000484. The number of nitrogens with one attached hydrogen (secondary N) is 1. The van der Waals surface area contributed by atoms with Crippen molar-refractivity contribution in [3.63, 3.8) is 0 Å². The van der Waals surface area contributed by atoms with E-state index in [1.165, 1.54) is 0 Å². The van der Waals surface area contributed by atoms with E-state index in [-0.39, 0.29) is 23.4 Å². The first kappa shape index (κ1) is 21.9. The van der Waals surface area contributed by atoms with E-state index in [1.807, 2.05) is 12.1 Å². The number of rotatable bonds is 7. The topological polar surface area (TPSA) is 39.7 Å². The predicted molar refractivity (Wildman–Crippen MR) is 98.3 cm³/mol. The van der Waals surface area contributed by atoms with Gasteiger partial charge in [-0.3, -0.25) is 0 Å². The molecule has 1 aromatic carbocycles. The molecule has 5 heteroatoms. The summed E-state index contributed by atoms with van der Waals surface area (Å²) >= 11 is 0. The lowest BCUT2D eigenvalue weighted by Crippen LogP contribution is -2.41. The zero-order valence-corrected chi connectivity index (χ0v) is 16.5. The van der Waals surface area contributed by atoms with Crippen LogP contribution in [0.3, 0.4) is 0 Å². The molecule has 0 aliphatic carbocycles. The van der Waals surface area contributed by atoms with Gasteiger partial charge in [-0.2, -0.15) is 0 Å². The fraction of sp³-hybridized carbons (Fsp3) is 0.667. The number of hydrogen-bond acceptors (Lipinski definition) is 4. The molecular weight excluding hydrogens is 314 g/mol. The molecule has 0 aliphatic rings. The first-order valence-corrected chi connectivity index (χ1v) is 7.66. The van der Waals surface area contributed by atoms with Crippen molar-refractivity contribution in [1.82, 2.24) is 5.32 Å². The first-order valence-electron chi connectivity index (χ1n) is 7.66. The van der Waals surface area contributed by atoms with E-state index >= 15 is 0 Å². The van der Waals surface area contributed by atoms with Gasteiger partial charge in [0.1, 0.15) is 5.75 Å². The minimum Gasteiger partial charge on any atom is -0.496 e. The van der Waals surface area contributed by atoms with Gasteiger partial charge in [-0.15, -0.1) is 12.4 Å². The Morgan fingerprint density at radius 3 is 1.74 bits per heavy atom. The third-order valence-electron chi connectivity index (χ3n) is 3.52. The van der Waals surface area contributed by atoms with Crippen molar-refractivity contribution in [3.8, 4) is 17.2 Å². The van der Waals surface area contributed by atoms with Crippen LogP contribution in [0, 0.1) is 5.41 Å². The van der Waals surface area contributed by atoms with Crippen molar-refractivity contribution in [3.05, 3.63) is 17.7 Å². The molecular formula is C18H32ClNO3. The van der Waals surface area contributed by atoms with Gasteiger partial charge in [0.25, 0.3) is 0 Å². The van der Waals surface area contributed by atoms with Crippen LogP contribution in [0.5, 0.6) is 17.2 Å². The molecule has 0 spiro atoms. The molecule has 134 valence electrons. The van der Waals surface area contributed by atoms with Crippen LogP contribution in [-0.4, -0.2) is 26.9 Å². The van der Waals surface area contributed by atoms with E-state index in [9.17, 15) is 0 Å². The maximum Gasteiger partial charge on any atom is 0.164 e. The maximum absolute atomic E-state index is 5.48. The largest absolute Gasteiger partial charge is 0.496 e. The summed E-state index contributed by atoms with van der Waals surface area (Å²) in [6, 6.07) is 3.84. The summed E-state index contributed by atoms with van der Waals surface area (Å²) in [4.78, 5) is 0. The van der Waals surface area contributed by atoms with Crippen molar-refractivity contribution in [2.45, 2.75) is 53.1 Å². The highest BCUT2D eigenvalue weighted by Gasteiger charge is 2.25. The third kappa shape index (κ3) is 6.88. The molecule has 1 rings (SSSR count). The van der Waals surface area contributed by atoms with E-state index in [1.54, 1.807) is 21.3 Å². The quantitative estimate of drug-likeness (QED) is 0.793. The molecule has 0 saturated heterocycles. The lowest BCUT2D eigenvalue weighted by atomic mass is 9.81. The van der Waals surface area contributed by atoms with Gasteiger partial charge in [0.2, 0.25) is 0 Å². The average Bonchev–Trinajstić information content (AvgIpc) is 2.41. The number of halogens is 1. The second-order valence-corrected chi connectivity index (χ2v) is 7.49. The van der Waals surface area contributed by atoms with E-state index in [0.29, 0.717) is 18.0 Å². The van der Waals surface area contributed by atoms with Crippen LogP contribution < -0.4 is 19.5 Å². The first-order chi connectivity index (χ1) is 10.1. The number of methoxy groups -OCH3 is 3. The summed E-state index contributed by atoms with van der Waals surface area (Å²) in [5, 5.41) is 3.62. The predicted octanol–water partition coefficient (Wildman–Crippen LogP) is 4.44. The highest BCUT2D eigenvalue weighted by atomic mass is 35.5. The molecule has 23 heavy (non-hydrogen) atoms. The number of benzene rings is 1. The van der Waals surface area contributed by atoms with Gasteiger partial charge in [0.05, 0.1) is 21.3 Å². The van der Waals surface area contributed by atoms with Crippen LogP contribution in [0.15, 0.2) is 12.1 Å². The van der Waals surface area contributed by atoms with Gasteiger partial charge in [0, 0.05) is 23.7 Å². The van der Waals surface area contributed by atoms with Crippen LogP contribution in [0.2, 0.25) is 0 Å². The highest BCUT2D eigenvalue weighted by molar-refractivity contribution is 5.85. The Labute approximate surface area is 147 Å². The van der Waals surface area contributed by atoms with Gasteiger partial charge in [-0.1, -0.05) is 20.8 Å². The van der Waals surface area contributed by atoms with Crippen molar-refractivity contribution in [1.29, 1.82) is 0 Å². The molecule has 0 aromatic heterocycles. The Morgan fingerprint density at radius 2 is 1.30 bits per heavy atom. The molecule has 0 unspecified atom stereocenters. The Bertz CT molecular complexity index is 496. The van der Waals surface area contributed by atoms with Gasteiger partial charge >= 0.3 is 0 Å². The normalized spacial score (nSPS) is 11.7. The SMILES string of the molecule is COc1cc(OC)c(OC)cc1CNC(C)(C)CC(C)(C)C.Cl. The smallest absolute Gasteiger partial charge is 0.164 e. The van der Waals surface area contributed by atoms with Crippen LogP contribution in [0.25, 0.3) is 0 Å². The highest BCUT2D eigenvalue weighted by Crippen LogP contribution is 2.35. The fourth-order valence-electron chi connectivity index (χ4n) is 2.95. The van der Waals surface area contributed by atoms with Gasteiger partial charge < -0.3 is 19.5 Å². The van der Waals surface area contributed by atoms with Crippen LogP contribution in [0.4, 0.5) is 0 Å². The Morgan fingerprint density at radius 1 is 0.826 bits per heavy atom. The van der Waals surface area contributed by atoms with Crippen LogP contribution >= 0.6 is 12.4 Å². The summed E-state index contributed by atoms with van der Waals surface area (Å²) in [5.74, 6) is 2.20. The number of ether oxygens (including phenoxy) is 3. The Hall–Kier alpha value is -1.13. The molecule has 0 bridgehead atoms. The minimum absolute atomic E-state index is 0. The molecule has 1 N–H and O–H groups in total. The minimum atomic E-state index is 0. The molecule has 0 radical (unpaired) electrons. The standard InChI is InChI=1S/C18H31NO3.ClH/c1-17(2,3)12-18(4,5)19-11-13-9-15(21-7)16(22-8)10-14(13)20-6;/h9-10,19H,11-12H2,1-8H3;1H. The van der Waals surface area contributed by atoms with Gasteiger partial charge in [0.15, 0.2) is 11.5 Å². The monoisotopic (exact) mass is 345 g/mol. The summed E-state index contributed by atoms with van der Waals surface area (Å²) < 4.78 is 16.2. The lowest BCUT2D eigenvalue weighted by Gasteiger charge is -2.33. The zero-order valence-electron chi connectivity index (χ0n) is 15.7. The summed E-state index contributed by atoms with van der Waals surface area (Å²) in [6.45, 7) is 11.9. The third-order valence-corrected chi connectivity index (χ3v) is 3.52. The summed E-state index contributed by atoms with van der Waals surface area (Å²) in [7, 11) is 4.94. The molecule has 0 atom stereocenters. The zero-order chi connectivity index (χ0) is 17.0. The van der Waals surface area contributed by atoms with E-state index in [0.717, 1.165) is 17.7 Å². The average molecular weight is 346 g/mol. The van der Waals surface area contributed by atoms with Crippen LogP contribution in [-0.2, 0) is 6.54 Å². The van der Waals surface area contributed by atoms with Gasteiger partial charge in [-0.05, 0) is 31.7 Å². The van der Waals surface area contributed by atoms with E-state index in [2.05, 4.69) is 39.9 Å². The van der Waals surface area contributed by atoms with Crippen LogP contribution in [0.1, 0.15) is 46.6 Å². The van der Waals surface area contributed by atoms with E-state index in [4.69, 9.17) is 14.2 Å². The molecule has 0 fully saturated rings. The van der Waals surface area contributed by atoms with E-state index < -0.39 is 0 Å². The molecule has 0 aliphatic heterocycles. The Kier molecular flexibility index (Phi) is 8.22. The second kappa shape index (κ2) is 8.65.